The van der Waals surface area contributed by atoms with Gasteiger partial charge in [0.25, 0.3) is 0 Å². The first-order valence-electron chi connectivity index (χ1n) is 7.35. The van der Waals surface area contributed by atoms with Gasteiger partial charge >= 0.3 is 0 Å². The Labute approximate surface area is 160 Å². The SMILES string of the molecule is O=C(CCCC(=O)Nc1ccc(Br)cc1F)Nc1ccc(Br)cc1F. The molecule has 2 amide bonds. The Kier molecular flexibility index (Phi) is 7.07. The van der Waals surface area contributed by atoms with E-state index in [-0.39, 0.29) is 30.6 Å². The smallest absolute Gasteiger partial charge is 0.224 e. The van der Waals surface area contributed by atoms with Gasteiger partial charge in [0, 0.05) is 21.8 Å². The molecule has 2 aromatic carbocycles. The van der Waals surface area contributed by atoms with Crippen LogP contribution >= 0.6 is 31.9 Å². The first-order chi connectivity index (χ1) is 11.8. The molecule has 0 aliphatic rings. The van der Waals surface area contributed by atoms with E-state index in [2.05, 4.69) is 42.5 Å². The summed E-state index contributed by atoms with van der Waals surface area (Å²) in [5, 5.41) is 4.89. The van der Waals surface area contributed by atoms with Gasteiger partial charge in [-0.15, -0.1) is 0 Å². The van der Waals surface area contributed by atoms with Crippen molar-refractivity contribution in [1.29, 1.82) is 0 Å². The summed E-state index contributed by atoms with van der Waals surface area (Å²) in [6.07, 6.45) is 0.353. The van der Waals surface area contributed by atoms with Gasteiger partial charge in [-0.1, -0.05) is 31.9 Å². The molecule has 0 fully saturated rings. The minimum atomic E-state index is -0.550. The maximum atomic E-state index is 13.6. The third-order valence-electron chi connectivity index (χ3n) is 3.22. The largest absolute Gasteiger partial charge is 0.324 e. The van der Waals surface area contributed by atoms with E-state index in [0.29, 0.717) is 8.95 Å². The molecule has 8 heteroatoms. The number of amides is 2. The Bertz CT molecular complexity index is 735. The Hall–Kier alpha value is -1.80. The number of nitrogens with one attached hydrogen (secondary N) is 2. The number of rotatable bonds is 6. The van der Waals surface area contributed by atoms with E-state index < -0.39 is 23.4 Å². The van der Waals surface area contributed by atoms with Crippen LogP contribution in [0.3, 0.4) is 0 Å². The number of carbonyl (C=O) groups excluding carboxylic acids is 2. The second kappa shape index (κ2) is 9.05. The predicted molar refractivity (Wildman–Crippen MR) is 99.3 cm³/mol. The summed E-state index contributed by atoms with van der Waals surface area (Å²) in [5.74, 6) is -1.90. The minimum absolute atomic E-state index is 0.0474. The highest BCUT2D eigenvalue weighted by Gasteiger charge is 2.10. The van der Waals surface area contributed by atoms with Crippen molar-refractivity contribution >= 4 is 55.0 Å². The van der Waals surface area contributed by atoms with Crippen LogP contribution < -0.4 is 10.6 Å². The number of hydrogen-bond acceptors (Lipinski definition) is 2. The van der Waals surface area contributed by atoms with Crippen molar-refractivity contribution < 1.29 is 18.4 Å². The highest BCUT2D eigenvalue weighted by molar-refractivity contribution is 9.10. The van der Waals surface area contributed by atoms with Crippen LogP contribution in [0.5, 0.6) is 0 Å². The fraction of sp³-hybridized carbons (Fsp3) is 0.176. The average molecular weight is 476 g/mol. The Morgan fingerprint density at radius 3 is 1.56 bits per heavy atom. The highest BCUT2D eigenvalue weighted by Crippen LogP contribution is 2.21. The summed E-state index contributed by atoms with van der Waals surface area (Å²) in [7, 11) is 0. The quantitative estimate of drug-likeness (QED) is 0.600. The summed E-state index contributed by atoms with van der Waals surface area (Å²) in [4.78, 5) is 23.6. The van der Waals surface area contributed by atoms with Gasteiger partial charge in [-0.2, -0.15) is 0 Å². The number of hydrogen-bond donors (Lipinski definition) is 2. The van der Waals surface area contributed by atoms with Gasteiger partial charge < -0.3 is 10.6 Å². The van der Waals surface area contributed by atoms with Crippen molar-refractivity contribution in [2.24, 2.45) is 0 Å². The van der Waals surface area contributed by atoms with Crippen LogP contribution in [-0.4, -0.2) is 11.8 Å². The van der Waals surface area contributed by atoms with E-state index in [4.69, 9.17) is 0 Å². The lowest BCUT2D eigenvalue weighted by Gasteiger charge is -2.08. The molecule has 4 nitrogen and oxygen atoms in total. The summed E-state index contributed by atoms with van der Waals surface area (Å²) >= 11 is 6.26. The van der Waals surface area contributed by atoms with E-state index in [1.54, 1.807) is 12.1 Å². The van der Waals surface area contributed by atoms with Crippen LogP contribution in [-0.2, 0) is 9.59 Å². The maximum absolute atomic E-state index is 13.6. The molecule has 0 saturated heterocycles. The zero-order valence-corrected chi connectivity index (χ0v) is 16.1. The van der Waals surface area contributed by atoms with Gasteiger partial charge in [0.1, 0.15) is 11.6 Å². The van der Waals surface area contributed by atoms with Crippen molar-refractivity contribution in [3.63, 3.8) is 0 Å². The molecule has 0 heterocycles. The molecule has 0 aliphatic carbocycles. The van der Waals surface area contributed by atoms with Crippen LogP contribution in [0.25, 0.3) is 0 Å². The maximum Gasteiger partial charge on any atom is 0.224 e. The molecule has 0 atom stereocenters. The molecule has 0 unspecified atom stereocenters. The molecule has 0 aromatic heterocycles. The van der Waals surface area contributed by atoms with Crippen LogP contribution in [0, 0.1) is 11.6 Å². The summed E-state index contributed by atoms with van der Waals surface area (Å²) in [6.45, 7) is 0. The Morgan fingerprint density at radius 2 is 1.20 bits per heavy atom. The van der Waals surface area contributed by atoms with Crippen molar-refractivity contribution in [2.75, 3.05) is 10.6 Å². The topological polar surface area (TPSA) is 58.2 Å². The fourth-order valence-electron chi connectivity index (χ4n) is 2.02. The van der Waals surface area contributed by atoms with Gasteiger partial charge in [-0.05, 0) is 42.8 Å². The van der Waals surface area contributed by atoms with E-state index in [1.165, 1.54) is 24.3 Å². The van der Waals surface area contributed by atoms with Crippen LogP contribution in [0.2, 0.25) is 0 Å². The number of halogens is 4. The molecular formula is C17H14Br2F2N2O2. The molecule has 2 rings (SSSR count). The first-order valence-corrected chi connectivity index (χ1v) is 8.93. The summed E-state index contributed by atoms with van der Waals surface area (Å²) in [6, 6.07) is 8.60. The van der Waals surface area contributed by atoms with Gasteiger partial charge in [-0.25, -0.2) is 8.78 Å². The lowest BCUT2D eigenvalue weighted by Crippen LogP contribution is -2.15. The third-order valence-corrected chi connectivity index (χ3v) is 4.20. The number of carbonyl (C=O) groups is 2. The second-order valence-electron chi connectivity index (χ2n) is 5.20. The molecule has 0 saturated carbocycles. The van der Waals surface area contributed by atoms with Gasteiger partial charge in [0.2, 0.25) is 11.8 Å². The number of benzene rings is 2. The van der Waals surface area contributed by atoms with E-state index >= 15 is 0 Å². The molecule has 2 aromatic rings. The lowest BCUT2D eigenvalue weighted by atomic mass is 10.2. The van der Waals surface area contributed by atoms with Crippen molar-refractivity contribution in [3.05, 3.63) is 57.0 Å². The molecule has 0 spiro atoms. The van der Waals surface area contributed by atoms with E-state index in [0.717, 1.165) is 0 Å². The van der Waals surface area contributed by atoms with Crippen LogP contribution in [0.4, 0.5) is 20.2 Å². The van der Waals surface area contributed by atoms with Crippen molar-refractivity contribution in [1.82, 2.24) is 0 Å². The molecule has 132 valence electrons. The molecule has 0 radical (unpaired) electrons. The van der Waals surface area contributed by atoms with Gasteiger partial charge in [0.05, 0.1) is 11.4 Å². The summed E-state index contributed by atoms with van der Waals surface area (Å²) < 4.78 is 28.4. The Balaban J connectivity index is 1.77. The molecule has 2 N–H and O–H groups in total. The zero-order chi connectivity index (χ0) is 18.4. The zero-order valence-electron chi connectivity index (χ0n) is 12.9. The fourth-order valence-corrected chi connectivity index (χ4v) is 2.68. The molecular weight excluding hydrogens is 462 g/mol. The van der Waals surface area contributed by atoms with E-state index in [1.807, 2.05) is 0 Å². The van der Waals surface area contributed by atoms with E-state index in [9.17, 15) is 18.4 Å². The van der Waals surface area contributed by atoms with Gasteiger partial charge in [0.15, 0.2) is 0 Å². The summed E-state index contributed by atoms with van der Waals surface area (Å²) in [5.41, 5.74) is 0.157. The first kappa shape index (κ1) is 19.5. The molecule has 25 heavy (non-hydrogen) atoms. The normalized spacial score (nSPS) is 10.4. The number of anilines is 2. The minimum Gasteiger partial charge on any atom is -0.324 e. The average Bonchev–Trinajstić information content (AvgIpc) is 2.53. The van der Waals surface area contributed by atoms with Crippen molar-refractivity contribution in [3.8, 4) is 0 Å². The molecule has 0 bridgehead atoms. The van der Waals surface area contributed by atoms with Gasteiger partial charge in [-0.3, -0.25) is 9.59 Å². The Morgan fingerprint density at radius 1 is 0.800 bits per heavy atom. The standard InChI is InChI=1S/C17H14Br2F2N2O2/c18-10-4-6-14(12(20)8-10)22-16(24)2-1-3-17(25)23-15-7-5-11(19)9-13(15)21/h4-9H,1-3H2,(H,22,24)(H,23,25). The predicted octanol–water partition coefficient (Wildman–Crippen LogP) is 5.24. The van der Waals surface area contributed by atoms with Crippen LogP contribution in [0.1, 0.15) is 19.3 Å². The van der Waals surface area contributed by atoms with Crippen LogP contribution in [0.15, 0.2) is 45.3 Å². The molecule has 0 aliphatic heterocycles. The highest BCUT2D eigenvalue weighted by atomic mass is 79.9. The monoisotopic (exact) mass is 474 g/mol. The third kappa shape index (κ3) is 6.21. The van der Waals surface area contributed by atoms with Crippen molar-refractivity contribution in [2.45, 2.75) is 19.3 Å². The lowest BCUT2D eigenvalue weighted by molar-refractivity contribution is -0.117. The second-order valence-corrected chi connectivity index (χ2v) is 7.03.